The van der Waals surface area contributed by atoms with Crippen molar-refractivity contribution >= 4 is 20.9 Å². The third kappa shape index (κ3) is 1.27. The van der Waals surface area contributed by atoms with Crippen LogP contribution in [0.2, 0.25) is 0 Å². The number of nitrogens with zero attached hydrogens (tertiary/aromatic N) is 1. The van der Waals surface area contributed by atoms with Crippen molar-refractivity contribution in [3.8, 4) is 0 Å². The normalized spacial score (nSPS) is 37.9. The molecule has 0 aromatic heterocycles. The number of oxime groups is 1. The lowest BCUT2D eigenvalue weighted by Gasteiger charge is -2.35. The lowest BCUT2D eigenvalue weighted by Crippen LogP contribution is -2.42. The summed E-state index contributed by atoms with van der Waals surface area (Å²) < 4.78 is 23.9. The van der Waals surface area contributed by atoms with Crippen molar-refractivity contribution in [3.63, 3.8) is 0 Å². The van der Waals surface area contributed by atoms with E-state index in [-0.39, 0.29) is 22.2 Å². The summed E-state index contributed by atoms with van der Waals surface area (Å²) in [5, 5.41) is 3.08. The number of Topliss-reactive ketones (excluding diaryl/α,β-unsaturated/α-hetero) is 1. The summed E-state index contributed by atoms with van der Waals surface area (Å²) >= 11 is 0. The summed E-state index contributed by atoms with van der Waals surface area (Å²) in [7, 11) is -3.51. The minimum absolute atomic E-state index is 0.101. The molecule has 1 unspecified atom stereocenters. The number of sulfone groups is 1. The Morgan fingerprint density at radius 1 is 1.47 bits per heavy atom. The molecule has 94 valence electrons. The molecule has 2 fully saturated rings. The Morgan fingerprint density at radius 3 is 2.53 bits per heavy atom. The van der Waals surface area contributed by atoms with Gasteiger partial charge in [0.15, 0.2) is 0 Å². The Balaban J connectivity index is 2.00. The molecule has 2 aliphatic carbocycles. The molecule has 0 aromatic carbocycles. The summed E-state index contributed by atoms with van der Waals surface area (Å²) in [5.74, 6) is 0.289. The Morgan fingerprint density at radius 2 is 2.12 bits per heavy atom. The number of hydrogen-bond donors (Lipinski definition) is 0. The molecular formula is C11H15NO4S. The van der Waals surface area contributed by atoms with Crippen LogP contribution < -0.4 is 0 Å². The maximum absolute atomic E-state index is 12.1. The molecule has 1 heterocycles. The van der Waals surface area contributed by atoms with Crippen LogP contribution in [0.15, 0.2) is 5.16 Å². The smallest absolute Gasteiger partial charge is 0.316 e. The van der Waals surface area contributed by atoms with E-state index in [0.29, 0.717) is 18.8 Å². The predicted molar refractivity (Wildman–Crippen MR) is 60.9 cm³/mol. The topological polar surface area (TPSA) is 76.1 Å². The van der Waals surface area contributed by atoms with Crippen molar-refractivity contribution in [2.45, 2.75) is 33.1 Å². The first-order valence-corrected chi connectivity index (χ1v) is 7.46. The van der Waals surface area contributed by atoms with Crippen LogP contribution in [-0.2, 0) is 19.5 Å². The SMILES string of the molecule is CC1(C)C2CC[C@]1(CS(=O)(=O)C1=NO1)C(=O)C2. The van der Waals surface area contributed by atoms with Crippen molar-refractivity contribution < 1.29 is 18.0 Å². The van der Waals surface area contributed by atoms with Crippen molar-refractivity contribution in [1.82, 2.24) is 0 Å². The number of carbonyl (C=O) groups is 1. The molecule has 3 rings (SSSR count). The maximum Gasteiger partial charge on any atom is 0.374 e. The summed E-state index contributed by atoms with van der Waals surface area (Å²) in [6.07, 6.45) is 2.15. The van der Waals surface area contributed by atoms with Gasteiger partial charge in [0, 0.05) is 11.8 Å². The zero-order chi connectivity index (χ0) is 12.5. The van der Waals surface area contributed by atoms with E-state index >= 15 is 0 Å². The fourth-order valence-corrected chi connectivity index (χ4v) is 5.34. The Kier molecular flexibility index (Phi) is 1.92. The molecule has 2 bridgehead atoms. The van der Waals surface area contributed by atoms with E-state index in [4.69, 9.17) is 0 Å². The van der Waals surface area contributed by atoms with Gasteiger partial charge in [-0.25, -0.2) is 8.42 Å². The van der Waals surface area contributed by atoms with Crippen LogP contribution in [0.5, 0.6) is 0 Å². The van der Waals surface area contributed by atoms with Gasteiger partial charge in [0.2, 0.25) is 9.84 Å². The molecule has 5 nitrogen and oxygen atoms in total. The molecule has 17 heavy (non-hydrogen) atoms. The minimum Gasteiger partial charge on any atom is -0.316 e. The van der Waals surface area contributed by atoms with E-state index < -0.39 is 15.3 Å². The molecule has 2 atom stereocenters. The number of carbonyl (C=O) groups excluding carboxylic acids is 1. The van der Waals surface area contributed by atoms with E-state index in [2.05, 4.69) is 9.99 Å². The molecule has 0 spiro atoms. The first-order valence-electron chi connectivity index (χ1n) is 5.81. The molecular weight excluding hydrogens is 242 g/mol. The highest BCUT2D eigenvalue weighted by atomic mass is 32.2. The van der Waals surface area contributed by atoms with Gasteiger partial charge in [-0.05, 0) is 29.3 Å². The molecule has 2 saturated carbocycles. The number of hydrogen-bond acceptors (Lipinski definition) is 5. The maximum atomic E-state index is 12.1. The zero-order valence-electron chi connectivity index (χ0n) is 9.89. The standard InChI is InChI=1S/C11H15NO4S/c1-10(2)7-3-4-11(10,8(13)5-7)6-17(14,15)9-12-16-9/h7H,3-6H2,1-2H3/t7?,11-/m0/s1. The molecule has 3 aliphatic rings. The van der Waals surface area contributed by atoms with Crippen molar-refractivity contribution in [1.29, 1.82) is 0 Å². The quantitative estimate of drug-likeness (QED) is 0.742. The molecule has 0 aromatic rings. The summed E-state index contributed by atoms with van der Waals surface area (Å²) in [6, 6.07) is 0. The number of ketones is 1. The Labute approximate surface area is 100 Å². The molecule has 1 aliphatic heterocycles. The van der Waals surface area contributed by atoms with Crippen molar-refractivity contribution in [3.05, 3.63) is 0 Å². The van der Waals surface area contributed by atoms with Crippen LogP contribution in [0.1, 0.15) is 33.1 Å². The van der Waals surface area contributed by atoms with Gasteiger partial charge >= 0.3 is 5.23 Å². The van der Waals surface area contributed by atoms with Gasteiger partial charge in [0.05, 0.1) is 5.75 Å². The highest BCUT2D eigenvalue weighted by Gasteiger charge is 2.66. The van der Waals surface area contributed by atoms with Crippen LogP contribution in [0, 0.1) is 16.7 Å². The minimum atomic E-state index is -3.51. The largest absolute Gasteiger partial charge is 0.374 e. The monoisotopic (exact) mass is 257 g/mol. The highest BCUT2D eigenvalue weighted by molar-refractivity contribution is 8.06. The Bertz CT molecular complexity index is 534. The average Bonchev–Trinajstić information content (AvgIpc) is 2.98. The fraction of sp³-hybridized carbons (Fsp3) is 0.818. The average molecular weight is 257 g/mol. The van der Waals surface area contributed by atoms with Crippen molar-refractivity contribution in [2.24, 2.45) is 21.9 Å². The lowest BCUT2D eigenvalue weighted by atomic mass is 9.70. The van der Waals surface area contributed by atoms with E-state index in [9.17, 15) is 13.2 Å². The van der Waals surface area contributed by atoms with Crippen LogP contribution in [0.3, 0.4) is 0 Å². The number of fused-ring (bicyclic) bond motifs is 2. The van der Waals surface area contributed by atoms with E-state index in [0.717, 1.165) is 6.42 Å². The van der Waals surface area contributed by atoms with Crippen LogP contribution in [0.25, 0.3) is 0 Å². The van der Waals surface area contributed by atoms with Gasteiger partial charge < -0.3 is 4.84 Å². The van der Waals surface area contributed by atoms with Gasteiger partial charge in [0.25, 0.3) is 0 Å². The van der Waals surface area contributed by atoms with Gasteiger partial charge in [-0.15, -0.1) is 0 Å². The second kappa shape index (κ2) is 2.91. The molecule has 0 saturated heterocycles. The Hall–Kier alpha value is -0.910. The zero-order valence-corrected chi connectivity index (χ0v) is 10.7. The first kappa shape index (κ1) is 11.2. The lowest BCUT2D eigenvalue weighted by molar-refractivity contribution is -0.128. The molecule has 0 radical (unpaired) electrons. The molecule has 0 amide bonds. The third-order valence-corrected chi connectivity index (χ3v) is 6.56. The van der Waals surface area contributed by atoms with Crippen LogP contribution in [0.4, 0.5) is 0 Å². The van der Waals surface area contributed by atoms with Crippen molar-refractivity contribution in [2.75, 3.05) is 5.75 Å². The summed E-state index contributed by atoms with van der Waals surface area (Å²) in [5.41, 5.74) is -0.947. The van der Waals surface area contributed by atoms with Crippen LogP contribution in [-0.4, -0.2) is 25.2 Å². The second-order valence-corrected chi connectivity index (χ2v) is 7.74. The predicted octanol–water partition coefficient (Wildman–Crippen LogP) is 1.10. The summed E-state index contributed by atoms with van der Waals surface area (Å²) in [6.45, 7) is 4.03. The van der Waals surface area contributed by atoms with Gasteiger partial charge in [-0.2, -0.15) is 0 Å². The van der Waals surface area contributed by atoms with E-state index in [1.54, 1.807) is 0 Å². The molecule has 6 heteroatoms. The van der Waals surface area contributed by atoms with E-state index in [1.165, 1.54) is 0 Å². The first-order chi connectivity index (χ1) is 7.80. The third-order valence-electron chi connectivity index (χ3n) is 5.01. The van der Waals surface area contributed by atoms with Gasteiger partial charge in [-0.3, -0.25) is 4.79 Å². The van der Waals surface area contributed by atoms with Gasteiger partial charge in [-0.1, -0.05) is 13.8 Å². The number of rotatable bonds is 2. The molecule has 0 N–H and O–H groups in total. The summed E-state index contributed by atoms with van der Waals surface area (Å²) in [4.78, 5) is 16.6. The van der Waals surface area contributed by atoms with Gasteiger partial charge in [0.1, 0.15) is 5.78 Å². The second-order valence-electron chi connectivity index (χ2n) is 5.87. The fourth-order valence-electron chi connectivity index (χ4n) is 3.63. The van der Waals surface area contributed by atoms with E-state index in [1.807, 2.05) is 13.8 Å². The van der Waals surface area contributed by atoms with Crippen LogP contribution >= 0.6 is 0 Å². The highest BCUT2D eigenvalue weighted by Crippen LogP contribution is 2.64.